The van der Waals surface area contributed by atoms with E-state index in [4.69, 9.17) is 0 Å². The molecule has 1 heterocycles. The number of aromatic nitrogens is 1. The highest BCUT2D eigenvalue weighted by molar-refractivity contribution is 9.10. The second-order valence-electron chi connectivity index (χ2n) is 4.03. The predicted molar refractivity (Wildman–Crippen MR) is 81.8 cm³/mol. The van der Waals surface area contributed by atoms with Crippen molar-refractivity contribution in [3.63, 3.8) is 0 Å². The Hall–Kier alpha value is -1.46. The molecular formula is C14H13BrN2OS. The van der Waals surface area contributed by atoms with E-state index in [1.165, 1.54) is 11.3 Å². The van der Waals surface area contributed by atoms with Crippen LogP contribution in [0.4, 0.5) is 0 Å². The van der Waals surface area contributed by atoms with Crippen molar-refractivity contribution >= 4 is 39.2 Å². The molecule has 0 atom stereocenters. The number of hydrogen-bond donors (Lipinski definition) is 0. The molecule has 1 amide bonds. The number of rotatable bonds is 4. The molecule has 98 valence electrons. The fourth-order valence-corrected chi connectivity index (χ4v) is 2.48. The zero-order valence-corrected chi connectivity index (χ0v) is 12.8. The van der Waals surface area contributed by atoms with Crippen LogP contribution in [0.15, 0.2) is 45.7 Å². The predicted octanol–water partition coefficient (Wildman–Crippen LogP) is 3.58. The summed E-state index contributed by atoms with van der Waals surface area (Å²) >= 11 is 4.99. The minimum atomic E-state index is -0.0382. The molecule has 0 bridgehead atoms. The van der Waals surface area contributed by atoms with Crippen LogP contribution in [-0.2, 0) is 11.3 Å². The summed E-state index contributed by atoms with van der Waals surface area (Å²) in [5, 5.41) is 1.90. The van der Waals surface area contributed by atoms with Crippen LogP contribution in [0, 0.1) is 0 Å². The Morgan fingerprint density at radius 3 is 2.95 bits per heavy atom. The number of thiazole rings is 1. The van der Waals surface area contributed by atoms with Gasteiger partial charge in [0.2, 0.25) is 5.91 Å². The second kappa shape index (κ2) is 6.63. The van der Waals surface area contributed by atoms with Gasteiger partial charge in [-0.1, -0.05) is 34.1 Å². The van der Waals surface area contributed by atoms with Crippen molar-refractivity contribution in [2.45, 2.75) is 6.54 Å². The Bertz CT molecular complexity index is 581. The van der Waals surface area contributed by atoms with Crippen molar-refractivity contribution < 1.29 is 4.79 Å². The monoisotopic (exact) mass is 336 g/mol. The molecule has 1 aromatic carbocycles. The van der Waals surface area contributed by atoms with Crippen molar-refractivity contribution in [1.29, 1.82) is 0 Å². The van der Waals surface area contributed by atoms with Gasteiger partial charge in [0.05, 0.1) is 11.2 Å². The molecule has 2 aromatic rings. The highest BCUT2D eigenvalue weighted by atomic mass is 79.9. The topological polar surface area (TPSA) is 33.2 Å². The summed E-state index contributed by atoms with van der Waals surface area (Å²) in [4.78, 5) is 17.7. The fourth-order valence-electron chi connectivity index (χ4n) is 1.55. The lowest BCUT2D eigenvalue weighted by molar-refractivity contribution is -0.125. The maximum absolute atomic E-state index is 12.0. The maximum atomic E-state index is 12.0. The minimum Gasteiger partial charge on any atom is -0.338 e. The average Bonchev–Trinajstić information content (AvgIpc) is 2.91. The number of halogens is 1. The van der Waals surface area contributed by atoms with Crippen molar-refractivity contribution in [3.8, 4) is 0 Å². The van der Waals surface area contributed by atoms with Crippen molar-refractivity contribution in [3.05, 3.63) is 57.0 Å². The van der Waals surface area contributed by atoms with Gasteiger partial charge in [0.15, 0.2) is 0 Å². The molecule has 5 heteroatoms. The van der Waals surface area contributed by atoms with E-state index in [1.54, 1.807) is 29.6 Å². The standard InChI is InChI=1S/C14H13BrN2OS/c1-17(8-11-4-2-3-5-13(11)15)14(18)7-6-12-9-19-10-16-12/h2-7,9-10H,8H2,1H3/b7-6+. The molecule has 0 saturated carbocycles. The van der Waals surface area contributed by atoms with Crippen molar-refractivity contribution in [1.82, 2.24) is 9.88 Å². The quantitative estimate of drug-likeness (QED) is 0.799. The van der Waals surface area contributed by atoms with Crippen LogP contribution in [0.3, 0.4) is 0 Å². The van der Waals surface area contributed by atoms with Crippen LogP contribution in [0.2, 0.25) is 0 Å². The highest BCUT2D eigenvalue weighted by Crippen LogP contribution is 2.17. The fraction of sp³-hybridized carbons (Fsp3) is 0.143. The Morgan fingerprint density at radius 2 is 2.26 bits per heavy atom. The maximum Gasteiger partial charge on any atom is 0.246 e. The lowest BCUT2D eigenvalue weighted by Gasteiger charge is -2.16. The summed E-state index contributed by atoms with van der Waals surface area (Å²) in [5.41, 5.74) is 3.64. The zero-order chi connectivity index (χ0) is 13.7. The summed E-state index contributed by atoms with van der Waals surface area (Å²) < 4.78 is 1.01. The molecule has 0 unspecified atom stereocenters. The lowest BCUT2D eigenvalue weighted by atomic mass is 10.2. The molecule has 0 fully saturated rings. The molecule has 0 aliphatic carbocycles. The van der Waals surface area contributed by atoms with E-state index in [9.17, 15) is 4.79 Å². The second-order valence-corrected chi connectivity index (χ2v) is 5.61. The Kier molecular flexibility index (Phi) is 4.87. The van der Waals surface area contributed by atoms with E-state index in [0.29, 0.717) is 6.54 Å². The zero-order valence-electron chi connectivity index (χ0n) is 10.4. The van der Waals surface area contributed by atoms with Gasteiger partial charge in [0.25, 0.3) is 0 Å². The average molecular weight is 337 g/mol. The first kappa shape index (κ1) is 14.0. The number of likely N-dealkylation sites (N-methyl/N-ethyl adjacent to an activating group) is 1. The number of carbonyl (C=O) groups excluding carboxylic acids is 1. The normalized spacial score (nSPS) is 10.8. The molecular weight excluding hydrogens is 324 g/mol. The molecule has 3 nitrogen and oxygen atoms in total. The van der Waals surface area contributed by atoms with Gasteiger partial charge in [-0.15, -0.1) is 11.3 Å². The van der Waals surface area contributed by atoms with E-state index in [-0.39, 0.29) is 5.91 Å². The van der Waals surface area contributed by atoms with Gasteiger partial charge in [0.1, 0.15) is 0 Å². The summed E-state index contributed by atoms with van der Waals surface area (Å²) in [6.07, 6.45) is 3.28. The number of nitrogens with zero attached hydrogens (tertiary/aromatic N) is 2. The van der Waals surface area contributed by atoms with Crippen LogP contribution in [0.25, 0.3) is 6.08 Å². The molecule has 2 rings (SSSR count). The minimum absolute atomic E-state index is 0.0382. The van der Waals surface area contributed by atoms with Crippen LogP contribution >= 0.6 is 27.3 Å². The van der Waals surface area contributed by atoms with Gasteiger partial charge >= 0.3 is 0 Å². The molecule has 19 heavy (non-hydrogen) atoms. The molecule has 0 spiro atoms. The lowest BCUT2D eigenvalue weighted by Crippen LogP contribution is -2.24. The van der Waals surface area contributed by atoms with Gasteiger partial charge in [-0.25, -0.2) is 4.98 Å². The van der Waals surface area contributed by atoms with E-state index in [2.05, 4.69) is 20.9 Å². The van der Waals surface area contributed by atoms with Gasteiger partial charge in [-0.2, -0.15) is 0 Å². The van der Waals surface area contributed by atoms with Gasteiger partial charge in [0, 0.05) is 29.5 Å². The van der Waals surface area contributed by atoms with E-state index in [0.717, 1.165) is 15.7 Å². The third kappa shape index (κ3) is 4.01. The number of benzene rings is 1. The first-order chi connectivity index (χ1) is 9.16. The van der Waals surface area contributed by atoms with Crippen LogP contribution in [0.1, 0.15) is 11.3 Å². The Morgan fingerprint density at radius 1 is 1.47 bits per heavy atom. The summed E-state index contributed by atoms with van der Waals surface area (Å²) in [6.45, 7) is 0.571. The molecule has 1 aromatic heterocycles. The first-order valence-corrected chi connectivity index (χ1v) is 7.45. The van der Waals surface area contributed by atoms with Gasteiger partial charge in [-0.3, -0.25) is 4.79 Å². The molecule has 0 aliphatic rings. The van der Waals surface area contributed by atoms with E-state index >= 15 is 0 Å². The van der Waals surface area contributed by atoms with E-state index in [1.807, 2.05) is 29.6 Å². The number of carbonyl (C=O) groups is 1. The molecule has 0 aliphatic heterocycles. The summed E-state index contributed by atoms with van der Waals surface area (Å²) in [6, 6.07) is 7.89. The van der Waals surface area contributed by atoms with Gasteiger partial charge in [-0.05, 0) is 17.7 Å². The van der Waals surface area contributed by atoms with Crippen LogP contribution in [0.5, 0.6) is 0 Å². The largest absolute Gasteiger partial charge is 0.338 e. The smallest absolute Gasteiger partial charge is 0.246 e. The van der Waals surface area contributed by atoms with Crippen molar-refractivity contribution in [2.24, 2.45) is 0 Å². The van der Waals surface area contributed by atoms with Gasteiger partial charge < -0.3 is 4.90 Å². The van der Waals surface area contributed by atoms with E-state index < -0.39 is 0 Å². The molecule has 0 N–H and O–H groups in total. The SMILES string of the molecule is CN(Cc1ccccc1Br)C(=O)/C=C/c1cscn1. The third-order valence-corrected chi connectivity index (χ3v) is 3.97. The number of hydrogen-bond acceptors (Lipinski definition) is 3. The Labute approximate surface area is 124 Å². The summed E-state index contributed by atoms with van der Waals surface area (Å²) in [5.74, 6) is -0.0382. The Balaban J connectivity index is 1.98. The van der Waals surface area contributed by atoms with Crippen LogP contribution < -0.4 is 0 Å². The highest BCUT2D eigenvalue weighted by Gasteiger charge is 2.07. The molecule has 0 radical (unpaired) electrons. The van der Waals surface area contributed by atoms with Crippen molar-refractivity contribution in [2.75, 3.05) is 7.05 Å². The first-order valence-electron chi connectivity index (χ1n) is 5.71. The van der Waals surface area contributed by atoms with Crippen LogP contribution in [-0.4, -0.2) is 22.8 Å². The summed E-state index contributed by atoms with van der Waals surface area (Å²) in [7, 11) is 1.78. The third-order valence-electron chi connectivity index (χ3n) is 2.59. The molecule has 0 saturated heterocycles. The number of amides is 1.